The highest BCUT2D eigenvalue weighted by Crippen LogP contribution is 2.37. The van der Waals surface area contributed by atoms with Crippen LogP contribution in [0.5, 0.6) is 11.5 Å². The second-order valence-electron chi connectivity index (χ2n) is 7.13. The van der Waals surface area contributed by atoms with Crippen molar-refractivity contribution in [1.82, 2.24) is 15.3 Å². The van der Waals surface area contributed by atoms with E-state index in [0.29, 0.717) is 22.8 Å². The Morgan fingerprint density at radius 3 is 2.67 bits per heavy atom. The van der Waals surface area contributed by atoms with Crippen molar-refractivity contribution in [2.24, 2.45) is 0 Å². The van der Waals surface area contributed by atoms with Crippen molar-refractivity contribution in [3.63, 3.8) is 0 Å². The largest absolute Gasteiger partial charge is 0.454 e. The summed E-state index contributed by atoms with van der Waals surface area (Å²) in [5.41, 5.74) is -0.426. The average Bonchev–Trinajstić information content (AvgIpc) is 3.38. The van der Waals surface area contributed by atoms with Crippen molar-refractivity contribution in [3.8, 4) is 22.8 Å². The van der Waals surface area contributed by atoms with Gasteiger partial charge in [-0.15, -0.1) is 0 Å². The fourth-order valence-corrected chi connectivity index (χ4v) is 4.24. The van der Waals surface area contributed by atoms with Gasteiger partial charge in [0.2, 0.25) is 12.7 Å². The summed E-state index contributed by atoms with van der Waals surface area (Å²) in [4.78, 5) is 19.9. The van der Waals surface area contributed by atoms with Gasteiger partial charge in [0.1, 0.15) is 5.69 Å². The molecule has 2 aromatic rings. The van der Waals surface area contributed by atoms with Crippen LogP contribution in [0.3, 0.4) is 0 Å². The maximum atomic E-state index is 13.4. The SMILES string of the molecule is O=C(CCSc1nc(-c2ccc3c(c2)OCO3)cc(C(F)(F)F)n1)NC1CCCC1. The predicted molar refractivity (Wildman–Crippen MR) is 104 cm³/mol. The maximum absolute atomic E-state index is 13.4. The molecule has 0 atom stereocenters. The number of thioether (sulfide) groups is 1. The zero-order valence-corrected chi connectivity index (χ0v) is 16.8. The van der Waals surface area contributed by atoms with E-state index in [9.17, 15) is 18.0 Å². The normalized spacial score (nSPS) is 16.1. The van der Waals surface area contributed by atoms with E-state index in [2.05, 4.69) is 15.3 Å². The average molecular weight is 439 g/mol. The lowest BCUT2D eigenvalue weighted by Gasteiger charge is -2.12. The third kappa shape index (κ3) is 4.97. The lowest BCUT2D eigenvalue weighted by Crippen LogP contribution is -2.32. The zero-order valence-electron chi connectivity index (χ0n) is 16.0. The van der Waals surface area contributed by atoms with Gasteiger partial charge in [-0.2, -0.15) is 13.2 Å². The molecule has 1 saturated carbocycles. The van der Waals surface area contributed by atoms with Crippen LogP contribution in [0, 0.1) is 0 Å². The van der Waals surface area contributed by atoms with Gasteiger partial charge in [0.15, 0.2) is 16.7 Å². The number of halogens is 3. The van der Waals surface area contributed by atoms with Crippen LogP contribution in [0.1, 0.15) is 37.8 Å². The van der Waals surface area contributed by atoms with Crippen LogP contribution >= 0.6 is 11.8 Å². The van der Waals surface area contributed by atoms with Crippen LogP contribution in [-0.4, -0.2) is 34.5 Å². The number of rotatable bonds is 6. The number of fused-ring (bicyclic) bond motifs is 1. The molecule has 0 radical (unpaired) electrons. The van der Waals surface area contributed by atoms with Gasteiger partial charge in [-0.05, 0) is 37.1 Å². The molecule has 0 unspecified atom stereocenters. The molecule has 1 aromatic heterocycles. The molecule has 4 rings (SSSR count). The first-order chi connectivity index (χ1) is 14.4. The number of hydrogen-bond donors (Lipinski definition) is 1. The molecule has 1 aromatic carbocycles. The Morgan fingerprint density at radius 2 is 1.90 bits per heavy atom. The van der Waals surface area contributed by atoms with Crippen molar-refractivity contribution >= 4 is 17.7 Å². The third-order valence-corrected chi connectivity index (χ3v) is 5.79. The van der Waals surface area contributed by atoms with E-state index >= 15 is 0 Å². The van der Waals surface area contributed by atoms with Crippen LogP contribution in [0.25, 0.3) is 11.3 Å². The molecule has 0 bridgehead atoms. The van der Waals surface area contributed by atoms with Crippen molar-refractivity contribution < 1.29 is 27.4 Å². The maximum Gasteiger partial charge on any atom is 0.433 e. The monoisotopic (exact) mass is 439 g/mol. The van der Waals surface area contributed by atoms with Crippen LogP contribution in [-0.2, 0) is 11.0 Å². The Kier molecular flexibility index (Phi) is 6.03. The summed E-state index contributed by atoms with van der Waals surface area (Å²) < 4.78 is 50.6. The summed E-state index contributed by atoms with van der Waals surface area (Å²) in [6.45, 7) is 0.0698. The Labute approximate surface area is 175 Å². The number of carbonyl (C=O) groups is 1. The molecule has 0 saturated heterocycles. The number of ether oxygens (including phenoxy) is 2. The van der Waals surface area contributed by atoms with Crippen LogP contribution in [0.2, 0.25) is 0 Å². The van der Waals surface area contributed by atoms with Gasteiger partial charge in [-0.1, -0.05) is 24.6 Å². The second kappa shape index (κ2) is 8.71. The molecule has 1 fully saturated rings. The third-order valence-electron chi connectivity index (χ3n) is 4.94. The second-order valence-corrected chi connectivity index (χ2v) is 8.20. The van der Waals surface area contributed by atoms with Gasteiger partial charge in [0.05, 0.1) is 5.69 Å². The molecule has 160 valence electrons. The first-order valence-corrected chi connectivity index (χ1v) is 10.7. The van der Waals surface area contributed by atoms with Crippen LogP contribution in [0.15, 0.2) is 29.4 Å². The molecular formula is C20H20F3N3O3S. The molecule has 2 aliphatic rings. The smallest absolute Gasteiger partial charge is 0.433 e. The Bertz CT molecular complexity index is 933. The molecule has 1 amide bonds. The number of hydrogen-bond acceptors (Lipinski definition) is 6. The minimum absolute atomic E-state index is 0.0221. The van der Waals surface area contributed by atoms with E-state index in [1.807, 2.05) is 0 Å². The summed E-state index contributed by atoms with van der Waals surface area (Å²) in [5, 5.41) is 2.94. The first-order valence-electron chi connectivity index (χ1n) is 9.67. The number of benzene rings is 1. The molecule has 1 aliphatic heterocycles. The van der Waals surface area contributed by atoms with E-state index in [4.69, 9.17) is 9.47 Å². The highest BCUT2D eigenvalue weighted by molar-refractivity contribution is 7.99. The first kappa shape index (κ1) is 20.8. The van der Waals surface area contributed by atoms with Crippen molar-refractivity contribution in [2.75, 3.05) is 12.5 Å². The summed E-state index contributed by atoms with van der Waals surface area (Å²) in [6.07, 6.45) is -0.229. The Balaban J connectivity index is 1.48. The molecule has 30 heavy (non-hydrogen) atoms. The van der Waals surface area contributed by atoms with E-state index in [1.165, 1.54) is 0 Å². The van der Waals surface area contributed by atoms with Gasteiger partial charge < -0.3 is 14.8 Å². The van der Waals surface area contributed by atoms with E-state index in [1.54, 1.807) is 18.2 Å². The summed E-state index contributed by atoms with van der Waals surface area (Å²) in [7, 11) is 0. The predicted octanol–water partition coefficient (Wildman–Crippen LogP) is 4.43. The van der Waals surface area contributed by atoms with Crippen LogP contribution in [0.4, 0.5) is 13.2 Å². The van der Waals surface area contributed by atoms with Crippen molar-refractivity contribution in [3.05, 3.63) is 30.0 Å². The molecule has 1 aliphatic carbocycles. The number of nitrogens with zero attached hydrogens (tertiary/aromatic N) is 2. The topological polar surface area (TPSA) is 73.3 Å². The molecule has 1 N–H and O–H groups in total. The highest BCUT2D eigenvalue weighted by atomic mass is 32.2. The summed E-state index contributed by atoms with van der Waals surface area (Å²) in [5.74, 6) is 1.18. The lowest BCUT2D eigenvalue weighted by atomic mass is 10.1. The molecule has 6 nitrogen and oxygen atoms in total. The quantitative estimate of drug-likeness (QED) is 0.530. The molecule has 10 heteroatoms. The van der Waals surface area contributed by atoms with Gasteiger partial charge in [0, 0.05) is 23.8 Å². The van der Waals surface area contributed by atoms with Crippen molar-refractivity contribution in [1.29, 1.82) is 0 Å². The Hall–Kier alpha value is -2.49. The Morgan fingerprint density at radius 1 is 1.13 bits per heavy atom. The van der Waals surface area contributed by atoms with Gasteiger partial charge in [-0.3, -0.25) is 4.79 Å². The fourth-order valence-electron chi connectivity index (χ4n) is 3.44. The number of aromatic nitrogens is 2. The summed E-state index contributed by atoms with van der Waals surface area (Å²) >= 11 is 1.03. The van der Waals surface area contributed by atoms with E-state index in [-0.39, 0.29) is 36.0 Å². The molecule has 0 spiro atoms. The minimum atomic E-state index is -4.61. The minimum Gasteiger partial charge on any atom is -0.454 e. The van der Waals surface area contributed by atoms with Crippen LogP contribution < -0.4 is 14.8 Å². The highest BCUT2D eigenvalue weighted by Gasteiger charge is 2.34. The number of amides is 1. The summed E-state index contributed by atoms with van der Waals surface area (Å²) in [6, 6.07) is 5.97. The number of nitrogens with one attached hydrogen (secondary N) is 1. The fraction of sp³-hybridized carbons (Fsp3) is 0.450. The zero-order chi connectivity index (χ0) is 21.1. The molecule has 2 heterocycles. The van der Waals surface area contributed by atoms with Crippen molar-refractivity contribution in [2.45, 2.75) is 49.5 Å². The van der Waals surface area contributed by atoms with Gasteiger partial charge >= 0.3 is 6.18 Å². The lowest BCUT2D eigenvalue weighted by molar-refractivity contribution is -0.141. The number of carbonyl (C=O) groups excluding carboxylic acids is 1. The van der Waals surface area contributed by atoms with Gasteiger partial charge in [-0.25, -0.2) is 9.97 Å². The number of alkyl halides is 3. The van der Waals surface area contributed by atoms with E-state index < -0.39 is 11.9 Å². The standard InChI is InChI=1S/C20H20F3N3O3S/c21-20(22,23)17-10-14(12-5-6-15-16(9-12)29-11-28-15)25-19(26-17)30-8-7-18(27)24-13-3-1-2-4-13/h5-6,9-10,13H,1-4,7-8,11H2,(H,24,27). The molecular weight excluding hydrogens is 419 g/mol. The van der Waals surface area contributed by atoms with E-state index in [0.717, 1.165) is 43.5 Å². The van der Waals surface area contributed by atoms with Gasteiger partial charge in [0.25, 0.3) is 0 Å².